The van der Waals surface area contributed by atoms with Crippen LogP contribution in [0.5, 0.6) is 0 Å². The van der Waals surface area contributed by atoms with E-state index in [2.05, 4.69) is 13.8 Å². The van der Waals surface area contributed by atoms with Crippen LogP contribution in [0.4, 0.5) is 4.39 Å². The van der Waals surface area contributed by atoms with E-state index in [0.717, 1.165) is 17.5 Å². The van der Waals surface area contributed by atoms with E-state index in [1.165, 1.54) is 6.07 Å². The highest BCUT2D eigenvalue weighted by Crippen LogP contribution is 2.26. The van der Waals surface area contributed by atoms with Gasteiger partial charge in [-0.05, 0) is 36.5 Å². The largest absolute Gasteiger partial charge is 0.465 e. The van der Waals surface area contributed by atoms with Crippen molar-refractivity contribution in [3.63, 3.8) is 0 Å². The van der Waals surface area contributed by atoms with Gasteiger partial charge < -0.3 is 4.74 Å². The Kier molecular flexibility index (Phi) is 7.51. The summed E-state index contributed by atoms with van der Waals surface area (Å²) in [5.74, 6) is -0.367. The highest BCUT2D eigenvalue weighted by atomic mass is 32.2. The Morgan fingerprint density at radius 1 is 1.08 bits per heavy atom. The Bertz CT molecular complexity index is 756. The highest BCUT2D eigenvalue weighted by Gasteiger charge is 2.18. The molecule has 140 valence electrons. The molecule has 0 aliphatic heterocycles. The van der Waals surface area contributed by atoms with Crippen LogP contribution in [-0.2, 0) is 20.3 Å². The van der Waals surface area contributed by atoms with Crippen molar-refractivity contribution >= 4 is 16.8 Å². The zero-order chi connectivity index (χ0) is 19.1. The third-order valence-corrected chi connectivity index (χ3v) is 5.76. The Hall–Kier alpha value is -2.01. The minimum atomic E-state index is -1.36. The minimum Gasteiger partial charge on any atom is -0.465 e. The molecule has 0 fully saturated rings. The van der Waals surface area contributed by atoms with Crippen molar-refractivity contribution in [1.29, 1.82) is 0 Å². The summed E-state index contributed by atoms with van der Waals surface area (Å²) in [6.45, 7) is 6.28. The van der Waals surface area contributed by atoms with Gasteiger partial charge in [-0.2, -0.15) is 0 Å². The highest BCUT2D eigenvalue weighted by molar-refractivity contribution is 7.85. The van der Waals surface area contributed by atoms with E-state index in [4.69, 9.17) is 4.74 Å². The average Bonchev–Trinajstić information content (AvgIpc) is 2.61. The van der Waals surface area contributed by atoms with Crippen LogP contribution < -0.4 is 0 Å². The van der Waals surface area contributed by atoms with E-state index in [1.54, 1.807) is 18.2 Å². The quantitative estimate of drug-likeness (QED) is 0.616. The molecular weight excluding hydrogens is 351 g/mol. The first-order valence-corrected chi connectivity index (χ1v) is 10.1. The number of esters is 1. The number of benzene rings is 2. The summed E-state index contributed by atoms with van der Waals surface area (Å²) in [6.07, 6.45) is 0.797. The van der Waals surface area contributed by atoms with Crippen molar-refractivity contribution in [3.8, 4) is 11.1 Å². The zero-order valence-electron chi connectivity index (χ0n) is 15.4. The molecule has 5 heteroatoms. The van der Waals surface area contributed by atoms with Crippen molar-refractivity contribution < 1.29 is 18.1 Å². The Balaban J connectivity index is 1.96. The molecular formula is C21H25FO3S. The normalized spacial score (nSPS) is 13.4. The second kappa shape index (κ2) is 9.62. The molecule has 0 aliphatic carbocycles. The lowest BCUT2D eigenvalue weighted by Gasteiger charge is -2.13. The van der Waals surface area contributed by atoms with Crippen LogP contribution in [-0.4, -0.2) is 22.5 Å². The summed E-state index contributed by atoms with van der Waals surface area (Å²) in [4.78, 5) is 11.8. The van der Waals surface area contributed by atoms with E-state index in [0.29, 0.717) is 18.1 Å². The first-order valence-electron chi connectivity index (χ1n) is 8.76. The molecule has 0 aromatic heterocycles. The van der Waals surface area contributed by atoms with Crippen molar-refractivity contribution in [1.82, 2.24) is 0 Å². The molecule has 0 spiro atoms. The molecule has 2 aromatic rings. The molecule has 2 atom stereocenters. The minimum absolute atomic E-state index is 0.117. The van der Waals surface area contributed by atoms with E-state index in [1.807, 2.05) is 31.2 Å². The van der Waals surface area contributed by atoms with Crippen LogP contribution in [0.3, 0.4) is 0 Å². The molecule has 0 radical (unpaired) electrons. The number of halogens is 1. The SMILES string of the molecule is CC(C)CCOC(=O)CS(=O)C(C)c1ccc(-c2ccccc2F)cc1. The van der Waals surface area contributed by atoms with Gasteiger partial charge in [-0.15, -0.1) is 0 Å². The lowest BCUT2D eigenvalue weighted by Crippen LogP contribution is -2.18. The van der Waals surface area contributed by atoms with Crippen molar-refractivity contribution in [2.75, 3.05) is 12.4 Å². The van der Waals surface area contributed by atoms with Gasteiger partial charge in [-0.1, -0.05) is 56.3 Å². The average molecular weight is 376 g/mol. The van der Waals surface area contributed by atoms with Crippen LogP contribution in [0, 0.1) is 11.7 Å². The topological polar surface area (TPSA) is 43.4 Å². The Morgan fingerprint density at radius 3 is 2.35 bits per heavy atom. The van der Waals surface area contributed by atoms with E-state index < -0.39 is 16.8 Å². The third-order valence-electron chi connectivity index (χ3n) is 4.18. The predicted octanol–water partition coefficient (Wildman–Crippen LogP) is 4.89. The summed E-state index contributed by atoms with van der Waals surface area (Å²) >= 11 is 0. The van der Waals surface area contributed by atoms with Gasteiger partial charge in [0.15, 0.2) is 0 Å². The lowest BCUT2D eigenvalue weighted by atomic mass is 10.0. The Labute approximate surface area is 157 Å². The molecule has 0 N–H and O–H groups in total. The van der Waals surface area contributed by atoms with E-state index in [9.17, 15) is 13.4 Å². The van der Waals surface area contributed by atoms with Crippen LogP contribution >= 0.6 is 0 Å². The van der Waals surface area contributed by atoms with E-state index in [-0.39, 0.29) is 16.8 Å². The van der Waals surface area contributed by atoms with Gasteiger partial charge in [0, 0.05) is 16.4 Å². The maximum Gasteiger partial charge on any atom is 0.318 e. The fraction of sp³-hybridized carbons (Fsp3) is 0.381. The molecule has 0 heterocycles. The second-order valence-corrected chi connectivity index (χ2v) is 8.43. The number of hydrogen-bond donors (Lipinski definition) is 0. The van der Waals surface area contributed by atoms with Gasteiger partial charge in [0.25, 0.3) is 0 Å². The molecule has 0 saturated carbocycles. The molecule has 2 unspecified atom stereocenters. The van der Waals surface area contributed by atoms with Crippen LogP contribution in [0.25, 0.3) is 11.1 Å². The second-order valence-electron chi connectivity index (χ2n) is 6.67. The zero-order valence-corrected chi connectivity index (χ0v) is 16.2. The van der Waals surface area contributed by atoms with Crippen molar-refractivity contribution in [2.24, 2.45) is 5.92 Å². The van der Waals surface area contributed by atoms with Gasteiger partial charge in [-0.25, -0.2) is 4.39 Å². The summed E-state index contributed by atoms with van der Waals surface area (Å²) in [6, 6.07) is 13.9. The number of carbonyl (C=O) groups is 1. The smallest absolute Gasteiger partial charge is 0.318 e. The molecule has 0 saturated heterocycles. The van der Waals surface area contributed by atoms with Gasteiger partial charge in [0.05, 0.1) is 11.9 Å². The molecule has 0 amide bonds. The molecule has 26 heavy (non-hydrogen) atoms. The fourth-order valence-electron chi connectivity index (χ4n) is 2.47. The maximum atomic E-state index is 13.9. The van der Waals surface area contributed by atoms with Crippen LogP contribution in [0.15, 0.2) is 48.5 Å². The first-order chi connectivity index (χ1) is 12.4. The molecule has 0 bridgehead atoms. The molecule has 0 aliphatic rings. The number of carbonyl (C=O) groups excluding carboxylic acids is 1. The summed E-state index contributed by atoms with van der Waals surface area (Å²) < 4.78 is 31.4. The molecule has 2 rings (SSSR count). The molecule has 3 nitrogen and oxygen atoms in total. The third kappa shape index (κ3) is 5.77. The lowest BCUT2D eigenvalue weighted by molar-refractivity contribution is -0.140. The van der Waals surface area contributed by atoms with Gasteiger partial charge in [-0.3, -0.25) is 9.00 Å². The number of ether oxygens (including phenoxy) is 1. The number of rotatable bonds is 8. The summed E-state index contributed by atoms with van der Waals surface area (Å²) in [5, 5.41) is -0.303. The summed E-state index contributed by atoms with van der Waals surface area (Å²) in [7, 11) is -1.36. The van der Waals surface area contributed by atoms with Gasteiger partial charge in [0.1, 0.15) is 11.6 Å². The molecule has 2 aromatic carbocycles. The number of hydrogen-bond acceptors (Lipinski definition) is 3. The maximum absolute atomic E-state index is 13.9. The van der Waals surface area contributed by atoms with Crippen LogP contribution in [0.1, 0.15) is 38.0 Å². The van der Waals surface area contributed by atoms with Crippen LogP contribution in [0.2, 0.25) is 0 Å². The fourth-order valence-corrected chi connectivity index (χ4v) is 3.50. The van der Waals surface area contributed by atoms with Crippen molar-refractivity contribution in [3.05, 3.63) is 59.9 Å². The Morgan fingerprint density at radius 2 is 1.73 bits per heavy atom. The standard InChI is InChI=1S/C21H25FO3S/c1-15(2)12-13-25-21(23)14-26(24)16(3)17-8-10-18(11-9-17)19-6-4-5-7-20(19)22/h4-11,15-16H,12-14H2,1-3H3. The van der Waals surface area contributed by atoms with Gasteiger partial charge >= 0.3 is 5.97 Å². The monoisotopic (exact) mass is 376 g/mol. The van der Waals surface area contributed by atoms with Crippen molar-refractivity contribution in [2.45, 2.75) is 32.4 Å². The van der Waals surface area contributed by atoms with Gasteiger partial charge in [0.2, 0.25) is 0 Å². The van der Waals surface area contributed by atoms with E-state index >= 15 is 0 Å². The first kappa shape index (κ1) is 20.3. The summed E-state index contributed by atoms with van der Waals surface area (Å²) in [5.41, 5.74) is 2.14. The predicted molar refractivity (Wildman–Crippen MR) is 104 cm³/mol.